The van der Waals surface area contributed by atoms with Crippen LogP contribution in [-0.4, -0.2) is 0 Å². The lowest BCUT2D eigenvalue weighted by Crippen LogP contribution is -1.49. The summed E-state index contributed by atoms with van der Waals surface area (Å²) in [5, 5.41) is 1.54. The fourth-order valence-corrected chi connectivity index (χ4v) is 0.407. The lowest BCUT2D eigenvalue weighted by molar-refractivity contribution is 0.608. The van der Waals surface area contributed by atoms with Gasteiger partial charge < -0.3 is 0 Å². The zero-order valence-electron chi connectivity index (χ0n) is 3.68. The average Bonchev–Trinajstić information content (AvgIpc) is 1.61. The number of allylic oxidation sites excluding steroid dienone is 1. The summed E-state index contributed by atoms with van der Waals surface area (Å²) in [7, 11) is 0. The minimum atomic E-state index is 0.496. The first-order chi connectivity index (χ1) is 2.91. The Labute approximate surface area is 41.6 Å². The quantitative estimate of drug-likeness (QED) is 0.482. The molecule has 0 aliphatic carbocycles. The maximum Gasteiger partial charge on any atom is 0.496 e. The highest BCUT2D eigenvalue weighted by atomic mass is 32.1. The molecule has 0 fully saturated rings. The van der Waals surface area contributed by atoms with E-state index in [0.717, 1.165) is 6.42 Å². The molecule has 1 nitrogen and oxygen atoms in total. The van der Waals surface area contributed by atoms with Crippen molar-refractivity contribution in [3.8, 4) is 0 Å². The van der Waals surface area contributed by atoms with E-state index in [1.165, 1.54) is 0 Å². The molecule has 0 bridgehead atoms. The Kier molecular flexibility index (Phi) is 4.57. The van der Waals surface area contributed by atoms with E-state index >= 15 is 0 Å². The molecule has 0 spiro atoms. The van der Waals surface area contributed by atoms with E-state index in [9.17, 15) is 4.21 Å². The van der Waals surface area contributed by atoms with Crippen LogP contribution < -0.4 is 0 Å². The topological polar surface area (TPSA) is 17.1 Å². The van der Waals surface area contributed by atoms with Crippen LogP contribution >= 0.6 is 0 Å². The molecule has 0 aliphatic heterocycles. The molecule has 2 heteroatoms. The molecule has 0 N–H and O–H groups in total. The first-order valence-electron chi connectivity index (χ1n) is 1.85. The third-order valence-corrected chi connectivity index (χ3v) is 0.691. The second-order valence-corrected chi connectivity index (χ2v) is 1.34. The molecule has 0 radical (unpaired) electrons. The third-order valence-electron chi connectivity index (χ3n) is 0.387. The first kappa shape index (κ1) is 5.76. The SMILES string of the molecule is CCC=C[S+]=O. The minimum Gasteiger partial charge on any atom is -0.0617 e. The molecule has 0 saturated carbocycles. The van der Waals surface area contributed by atoms with Gasteiger partial charge in [0.25, 0.3) is 0 Å². The van der Waals surface area contributed by atoms with Crippen molar-refractivity contribution < 1.29 is 4.21 Å². The van der Waals surface area contributed by atoms with Crippen molar-refractivity contribution in [2.24, 2.45) is 0 Å². The molecule has 0 aromatic rings. The van der Waals surface area contributed by atoms with Crippen molar-refractivity contribution in [1.82, 2.24) is 0 Å². The Morgan fingerprint density at radius 2 is 2.50 bits per heavy atom. The fraction of sp³-hybridized carbons (Fsp3) is 0.500. The highest BCUT2D eigenvalue weighted by Crippen LogP contribution is 1.74. The van der Waals surface area contributed by atoms with Gasteiger partial charge in [0, 0.05) is 4.21 Å². The van der Waals surface area contributed by atoms with Gasteiger partial charge in [0.2, 0.25) is 5.41 Å². The van der Waals surface area contributed by atoms with Gasteiger partial charge >= 0.3 is 11.7 Å². The van der Waals surface area contributed by atoms with Crippen LogP contribution in [0.1, 0.15) is 13.3 Å². The van der Waals surface area contributed by atoms with Crippen LogP contribution in [-0.2, 0) is 15.9 Å². The highest BCUT2D eigenvalue weighted by molar-refractivity contribution is 7.68. The molecule has 0 rings (SSSR count). The van der Waals surface area contributed by atoms with Gasteiger partial charge in [-0.05, 0) is 12.5 Å². The van der Waals surface area contributed by atoms with Crippen LogP contribution in [0.4, 0.5) is 0 Å². The maximum absolute atomic E-state index is 9.52. The van der Waals surface area contributed by atoms with Crippen LogP contribution in [0.3, 0.4) is 0 Å². The van der Waals surface area contributed by atoms with Gasteiger partial charge in [-0.15, -0.1) is 0 Å². The highest BCUT2D eigenvalue weighted by Gasteiger charge is 1.77. The maximum atomic E-state index is 9.52. The van der Waals surface area contributed by atoms with Crippen molar-refractivity contribution in [2.75, 3.05) is 0 Å². The Morgan fingerprint density at radius 1 is 1.83 bits per heavy atom. The Morgan fingerprint density at radius 3 is 2.67 bits per heavy atom. The number of hydrogen-bond acceptors (Lipinski definition) is 1. The second-order valence-electron chi connectivity index (χ2n) is 0.876. The van der Waals surface area contributed by atoms with Gasteiger partial charge in [0.05, 0.1) is 0 Å². The molecule has 34 valence electrons. The monoisotopic (exact) mass is 103 g/mol. The summed E-state index contributed by atoms with van der Waals surface area (Å²) in [5.41, 5.74) is 0. The standard InChI is InChI=1S/C4H7OS/c1-2-3-4-6-5/h3-4H,2H2,1H3/q+1. The summed E-state index contributed by atoms with van der Waals surface area (Å²) < 4.78 is 9.52. The molecule has 0 saturated heterocycles. The molecule has 0 atom stereocenters. The van der Waals surface area contributed by atoms with Crippen molar-refractivity contribution >= 4 is 11.7 Å². The Balaban J connectivity index is 2.94. The van der Waals surface area contributed by atoms with E-state index in [2.05, 4.69) is 0 Å². The zero-order chi connectivity index (χ0) is 4.83. The molecule has 0 heterocycles. The van der Waals surface area contributed by atoms with E-state index in [1.807, 2.05) is 13.0 Å². The van der Waals surface area contributed by atoms with Gasteiger partial charge in [-0.25, -0.2) is 0 Å². The molecular formula is C4H7OS+. The van der Waals surface area contributed by atoms with Gasteiger partial charge in [-0.1, -0.05) is 6.92 Å². The molecule has 0 aliphatic rings. The molecule has 0 aromatic heterocycles. The van der Waals surface area contributed by atoms with E-state index in [1.54, 1.807) is 5.41 Å². The van der Waals surface area contributed by atoms with Gasteiger partial charge in [-0.3, -0.25) is 0 Å². The van der Waals surface area contributed by atoms with E-state index in [0.29, 0.717) is 11.7 Å². The van der Waals surface area contributed by atoms with Crippen molar-refractivity contribution in [1.29, 1.82) is 0 Å². The van der Waals surface area contributed by atoms with E-state index in [4.69, 9.17) is 0 Å². The van der Waals surface area contributed by atoms with Gasteiger partial charge in [-0.2, -0.15) is 0 Å². The Bertz CT molecular complexity index is 58.6. The number of rotatable bonds is 2. The predicted octanol–water partition coefficient (Wildman–Crippen LogP) is 1.34. The van der Waals surface area contributed by atoms with Crippen LogP contribution in [0, 0.1) is 0 Å². The fourth-order valence-electron chi connectivity index (χ4n) is 0.136. The second kappa shape index (κ2) is 4.76. The molecule has 0 amide bonds. The lowest BCUT2D eigenvalue weighted by atomic mass is 10.5. The summed E-state index contributed by atoms with van der Waals surface area (Å²) in [6.45, 7) is 1.99. The lowest BCUT2D eigenvalue weighted by Gasteiger charge is -1.57. The third kappa shape index (κ3) is 3.76. The molecular weight excluding hydrogens is 96.1 g/mol. The summed E-state index contributed by atoms with van der Waals surface area (Å²) in [4.78, 5) is 0. The summed E-state index contributed by atoms with van der Waals surface area (Å²) in [6.07, 6.45) is 2.78. The predicted molar refractivity (Wildman–Crippen MR) is 27.5 cm³/mol. The van der Waals surface area contributed by atoms with Gasteiger partial charge in [0.15, 0.2) is 0 Å². The minimum absolute atomic E-state index is 0.496. The summed E-state index contributed by atoms with van der Waals surface area (Å²) in [6, 6.07) is 0. The van der Waals surface area contributed by atoms with Crippen molar-refractivity contribution in [3.05, 3.63) is 11.5 Å². The van der Waals surface area contributed by atoms with Crippen LogP contribution in [0.25, 0.3) is 0 Å². The summed E-state index contributed by atoms with van der Waals surface area (Å²) >= 11 is 0.496. The first-order valence-corrected chi connectivity index (χ1v) is 2.66. The van der Waals surface area contributed by atoms with Gasteiger partial charge in [0.1, 0.15) is 0 Å². The van der Waals surface area contributed by atoms with Crippen molar-refractivity contribution in [2.45, 2.75) is 13.3 Å². The van der Waals surface area contributed by atoms with Crippen LogP contribution in [0.2, 0.25) is 0 Å². The molecule has 6 heavy (non-hydrogen) atoms. The average molecular weight is 103 g/mol. The van der Waals surface area contributed by atoms with Crippen molar-refractivity contribution in [3.63, 3.8) is 0 Å². The van der Waals surface area contributed by atoms with E-state index < -0.39 is 0 Å². The normalized spacial score (nSPS) is 9.50. The van der Waals surface area contributed by atoms with E-state index in [-0.39, 0.29) is 0 Å². The zero-order valence-corrected chi connectivity index (χ0v) is 4.49. The van der Waals surface area contributed by atoms with Crippen LogP contribution in [0.5, 0.6) is 0 Å². The van der Waals surface area contributed by atoms with Crippen LogP contribution in [0.15, 0.2) is 11.5 Å². The summed E-state index contributed by atoms with van der Waals surface area (Å²) in [5.74, 6) is 0. The smallest absolute Gasteiger partial charge is 0.0617 e. The molecule has 0 unspecified atom stereocenters. The largest absolute Gasteiger partial charge is 0.496 e. The molecule has 0 aromatic carbocycles. The Hall–Kier alpha value is -0.240. The number of hydrogen-bond donors (Lipinski definition) is 0.